The predicted octanol–water partition coefficient (Wildman–Crippen LogP) is 3.21. The van der Waals surface area contributed by atoms with Crippen LogP contribution in [0.3, 0.4) is 0 Å². The molecule has 29 heavy (non-hydrogen) atoms. The van der Waals surface area contributed by atoms with Gasteiger partial charge in [-0.25, -0.2) is 4.98 Å². The number of nitrogens with zero attached hydrogens (tertiary/aromatic N) is 3. The molecule has 1 aliphatic carbocycles. The van der Waals surface area contributed by atoms with E-state index in [1.54, 1.807) is 0 Å². The lowest BCUT2D eigenvalue weighted by Gasteiger charge is -2.35. The van der Waals surface area contributed by atoms with Crippen molar-refractivity contribution in [3.05, 3.63) is 35.9 Å². The number of piperidine rings is 1. The van der Waals surface area contributed by atoms with Crippen LogP contribution in [-0.4, -0.2) is 53.9 Å². The van der Waals surface area contributed by atoms with Crippen molar-refractivity contribution in [3.8, 4) is 0 Å². The maximum atomic E-state index is 12.9. The molecule has 2 heterocycles. The monoisotopic (exact) mass is 394 g/mol. The third kappa shape index (κ3) is 4.21. The van der Waals surface area contributed by atoms with Crippen LogP contribution >= 0.6 is 0 Å². The summed E-state index contributed by atoms with van der Waals surface area (Å²) in [4.78, 5) is 34.7. The van der Waals surface area contributed by atoms with Crippen LogP contribution in [0.25, 0.3) is 10.9 Å². The first-order valence-electron chi connectivity index (χ1n) is 10.8. The van der Waals surface area contributed by atoms with Crippen LogP contribution in [0, 0.1) is 5.92 Å². The van der Waals surface area contributed by atoms with Gasteiger partial charge < -0.3 is 15.1 Å². The van der Waals surface area contributed by atoms with E-state index in [9.17, 15) is 9.59 Å². The average molecular weight is 395 g/mol. The van der Waals surface area contributed by atoms with Crippen molar-refractivity contribution < 1.29 is 9.59 Å². The van der Waals surface area contributed by atoms with Crippen molar-refractivity contribution in [1.82, 2.24) is 15.2 Å². The molecule has 0 bridgehead atoms. The van der Waals surface area contributed by atoms with E-state index in [1.807, 2.05) is 49.1 Å². The lowest BCUT2D eigenvalue weighted by molar-refractivity contribution is -0.135. The molecule has 1 saturated carbocycles. The third-order valence-corrected chi connectivity index (χ3v) is 6.03. The van der Waals surface area contributed by atoms with Gasteiger partial charge in [-0.15, -0.1) is 0 Å². The minimum Gasteiger partial charge on any atom is -0.356 e. The highest BCUT2D eigenvalue weighted by Crippen LogP contribution is 2.28. The molecular formula is C23H30N4O2. The summed E-state index contributed by atoms with van der Waals surface area (Å²) in [6, 6.07) is 10.0. The molecule has 1 aromatic heterocycles. The number of fused-ring (bicyclic) bond motifs is 1. The molecule has 1 N–H and O–H groups in total. The van der Waals surface area contributed by atoms with Gasteiger partial charge in [-0.2, -0.15) is 0 Å². The molecule has 1 aliphatic heterocycles. The first kappa shape index (κ1) is 19.7. The smallest absolute Gasteiger partial charge is 0.252 e. The Morgan fingerprint density at radius 1 is 1.17 bits per heavy atom. The molecule has 2 amide bonds. The lowest BCUT2D eigenvalue weighted by Crippen LogP contribution is -2.45. The maximum Gasteiger partial charge on any atom is 0.252 e. The maximum absolute atomic E-state index is 12.9. The summed E-state index contributed by atoms with van der Waals surface area (Å²) in [6.07, 6.45) is 3.98. The molecule has 2 aliphatic rings. The molecule has 2 fully saturated rings. The van der Waals surface area contributed by atoms with Crippen LogP contribution in [-0.2, 0) is 4.79 Å². The molecule has 4 rings (SSSR count). The zero-order valence-electron chi connectivity index (χ0n) is 17.4. The number of nitrogens with one attached hydrogen (secondary N) is 1. The molecular weight excluding hydrogens is 364 g/mol. The highest BCUT2D eigenvalue weighted by molar-refractivity contribution is 6.07. The Morgan fingerprint density at radius 3 is 2.66 bits per heavy atom. The zero-order valence-corrected chi connectivity index (χ0v) is 17.4. The van der Waals surface area contributed by atoms with Crippen molar-refractivity contribution >= 4 is 28.5 Å². The van der Waals surface area contributed by atoms with Crippen LogP contribution in [0.2, 0.25) is 0 Å². The molecule has 1 aromatic carbocycles. The van der Waals surface area contributed by atoms with Crippen LogP contribution in [0.15, 0.2) is 30.3 Å². The number of carbonyl (C=O) groups excluding carboxylic acids is 2. The van der Waals surface area contributed by atoms with E-state index < -0.39 is 0 Å². The quantitative estimate of drug-likeness (QED) is 0.817. The molecule has 6 heteroatoms. The summed E-state index contributed by atoms with van der Waals surface area (Å²) in [5.74, 6) is 0.981. The predicted molar refractivity (Wildman–Crippen MR) is 115 cm³/mol. The Labute approximate surface area is 172 Å². The lowest BCUT2D eigenvalue weighted by atomic mass is 9.96. The standard InChI is InChI=1S/C23H30N4O2/c1-3-26(4-2)23(29)16-8-7-13-27(15-16)21-14-19(22(28)24-17-11-12-17)18-9-5-6-10-20(18)25-21/h5-6,9-10,14,16-17H,3-4,7-8,11-13,15H2,1-2H3,(H,24,28). The number of aromatic nitrogens is 1. The van der Waals surface area contributed by atoms with Gasteiger partial charge in [0.05, 0.1) is 17.0 Å². The van der Waals surface area contributed by atoms with Crippen LogP contribution in [0.5, 0.6) is 0 Å². The Kier molecular flexibility index (Phi) is 5.69. The molecule has 1 atom stereocenters. The number of rotatable bonds is 6. The summed E-state index contributed by atoms with van der Waals surface area (Å²) in [5.41, 5.74) is 1.50. The SMILES string of the molecule is CCN(CC)C(=O)C1CCCN(c2cc(C(=O)NC3CC3)c3ccccc3n2)C1. The van der Waals surface area contributed by atoms with Crippen molar-refractivity contribution in [2.24, 2.45) is 5.92 Å². The number of para-hydroxylation sites is 1. The van der Waals surface area contributed by atoms with Crippen molar-refractivity contribution in [3.63, 3.8) is 0 Å². The van der Waals surface area contributed by atoms with Gasteiger partial charge >= 0.3 is 0 Å². The van der Waals surface area contributed by atoms with Gasteiger partial charge in [0.25, 0.3) is 5.91 Å². The molecule has 6 nitrogen and oxygen atoms in total. The van der Waals surface area contributed by atoms with Gasteiger partial charge in [0.1, 0.15) is 5.82 Å². The minimum atomic E-state index is -0.0277. The number of hydrogen-bond donors (Lipinski definition) is 1. The molecule has 2 aromatic rings. The Balaban J connectivity index is 1.62. The fraction of sp³-hybridized carbons (Fsp3) is 0.522. The highest BCUT2D eigenvalue weighted by Gasteiger charge is 2.30. The van der Waals surface area contributed by atoms with Crippen LogP contribution in [0.1, 0.15) is 49.9 Å². The number of hydrogen-bond acceptors (Lipinski definition) is 4. The average Bonchev–Trinajstić information content (AvgIpc) is 3.57. The van der Waals surface area contributed by atoms with E-state index in [0.29, 0.717) is 18.2 Å². The van der Waals surface area contributed by atoms with Crippen molar-refractivity contribution in [1.29, 1.82) is 0 Å². The van der Waals surface area contributed by atoms with Gasteiger partial charge in [-0.05, 0) is 51.7 Å². The van der Waals surface area contributed by atoms with E-state index in [2.05, 4.69) is 10.2 Å². The summed E-state index contributed by atoms with van der Waals surface area (Å²) in [6.45, 7) is 7.05. The number of pyridine rings is 1. The second-order valence-corrected chi connectivity index (χ2v) is 8.09. The third-order valence-electron chi connectivity index (χ3n) is 6.03. The zero-order chi connectivity index (χ0) is 20.4. The Morgan fingerprint density at radius 2 is 1.93 bits per heavy atom. The summed E-state index contributed by atoms with van der Waals surface area (Å²) in [5, 5.41) is 3.98. The molecule has 154 valence electrons. The molecule has 1 unspecified atom stereocenters. The molecule has 0 radical (unpaired) electrons. The number of carbonyl (C=O) groups is 2. The van der Waals surface area contributed by atoms with Crippen LogP contribution in [0.4, 0.5) is 5.82 Å². The van der Waals surface area contributed by atoms with Gasteiger partial charge in [0.15, 0.2) is 0 Å². The van der Waals surface area contributed by atoms with Gasteiger partial charge in [-0.3, -0.25) is 9.59 Å². The summed E-state index contributed by atoms with van der Waals surface area (Å²) >= 11 is 0. The van der Waals surface area contributed by atoms with E-state index >= 15 is 0 Å². The largest absolute Gasteiger partial charge is 0.356 e. The van der Waals surface area contributed by atoms with E-state index in [-0.39, 0.29) is 17.7 Å². The first-order valence-corrected chi connectivity index (χ1v) is 10.8. The molecule has 1 saturated heterocycles. The molecule has 0 spiro atoms. The minimum absolute atomic E-state index is 0.0133. The fourth-order valence-corrected chi connectivity index (χ4v) is 4.18. The number of amides is 2. The Bertz CT molecular complexity index is 905. The van der Waals surface area contributed by atoms with Crippen LogP contribution < -0.4 is 10.2 Å². The second kappa shape index (κ2) is 8.39. The van der Waals surface area contributed by atoms with Crippen molar-refractivity contribution in [2.45, 2.75) is 45.6 Å². The fourth-order valence-electron chi connectivity index (χ4n) is 4.18. The second-order valence-electron chi connectivity index (χ2n) is 8.09. The number of benzene rings is 1. The van der Waals surface area contributed by atoms with Gasteiger partial charge in [0.2, 0.25) is 5.91 Å². The van der Waals surface area contributed by atoms with E-state index in [4.69, 9.17) is 4.98 Å². The van der Waals surface area contributed by atoms with Crippen molar-refractivity contribution in [2.75, 3.05) is 31.1 Å². The normalized spacial score (nSPS) is 19.2. The topological polar surface area (TPSA) is 65.5 Å². The Hall–Kier alpha value is -2.63. The summed E-state index contributed by atoms with van der Waals surface area (Å²) in [7, 11) is 0. The van der Waals surface area contributed by atoms with Gasteiger partial charge in [0, 0.05) is 37.6 Å². The highest BCUT2D eigenvalue weighted by atomic mass is 16.2. The van der Waals surface area contributed by atoms with E-state index in [1.165, 1.54) is 0 Å². The number of anilines is 1. The summed E-state index contributed by atoms with van der Waals surface area (Å²) < 4.78 is 0. The van der Waals surface area contributed by atoms with E-state index in [0.717, 1.165) is 62.0 Å². The first-order chi connectivity index (χ1) is 14.1. The van der Waals surface area contributed by atoms with Gasteiger partial charge in [-0.1, -0.05) is 18.2 Å².